The highest BCUT2D eigenvalue weighted by atomic mass is 19.1. The summed E-state index contributed by atoms with van der Waals surface area (Å²) in [4.78, 5) is 3.08. The van der Waals surface area contributed by atoms with E-state index in [2.05, 4.69) is 10.3 Å². The van der Waals surface area contributed by atoms with Crippen LogP contribution in [0.4, 0.5) is 4.39 Å². The van der Waals surface area contributed by atoms with Crippen LogP contribution in [0.15, 0.2) is 36.5 Å². The number of rotatable bonds is 4. The number of benzene rings is 1. The molecule has 0 amide bonds. The zero-order valence-electron chi connectivity index (χ0n) is 9.54. The molecule has 1 aromatic carbocycles. The topological polar surface area (TPSA) is 27.8 Å². The van der Waals surface area contributed by atoms with Crippen LogP contribution in [0.1, 0.15) is 18.4 Å². The number of hydrogen-bond donors (Lipinski definition) is 2. The van der Waals surface area contributed by atoms with Crippen LogP contribution < -0.4 is 5.32 Å². The largest absolute Gasteiger partial charge is 0.361 e. The quantitative estimate of drug-likeness (QED) is 0.830. The van der Waals surface area contributed by atoms with E-state index in [1.165, 1.54) is 12.8 Å². The molecular weight excluding hydrogens is 215 g/mol. The first-order chi connectivity index (χ1) is 8.33. The van der Waals surface area contributed by atoms with Crippen molar-refractivity contribution >= 4 is 0 Å². The molecular formula is C14H15FN2. The molecule has 17 heavy (non-hydrogen) atoms. The van der Waals surface area contributed by atoms with Gasteiger partial charge in [-0.05, 0) is 31.0 Å². The van der Waals surface area contributed by atoms with Gasteiger partial charge in [-0.2, -0.15) is 0 Å². The zero-order valence-corrected chi connectivity index (χ0v) is 9.54. The van der Waals surface area contributed by atoms with Crippen LogP contribution in [0.5, 0.6) is 0 Å². The smallest absolute Gasteiger partial charge is 0.128 e. The predicted octanol–water partition coefficient (Wildman–Crippen LogP) is 3.07. The van der Waals surface area contributed by atoms with Gasteiger partial charge in [-0.25, -0.2) is 4.39 Å². The molecule has 2 N–H and O–H groups in total. The van der Waals surface area contributed by atoms with Gasteiger partial charge in [0, 0.05) is 35.6 Å². The molecule has 0 atom stereocenters. The lowest BCUT2D eigenvalue weighted by Gasteiger charge is -2.06. The molecule has 1 aliphatic carbocycles. The number of H-pyrrole nitrogens is 1. The maximum atomic E-state index is 13.9. The number of halogens is 1. The van der Waals surface area contributed by atoms with Crippen LogP contribution in [0, 0.1) is 5.82 Å². The van der Waals surface area contributed by atoms with Gasteiger partial charge >= 0.3 is 0 Å². The van der Waals surface area contributed by atoms with Crippen molar-refractivity contribution in [3.05, 3.63) is 47.9 Å². The van der Waals surface area contributed by atoms with Crippen LogP contribution in [-0.2, 0) is 6.54 Å². The van der Waals surface area contributed by atoms with E-state index >= 15 is 0 Å². The molecule has 3 heteroatoms. The lowest BCUT2D eigenvalue weighted by atomic mass is 10.1. The van der Waals surface area contributed by atoms with E-state index in [1.807, 2.05) is 30.5 Å². The van der Waals surface area contributed by atoms with Gasteiger partial charge in [-0.15, -0.1) is 0 Å². The fourth-order valence-corrected chi connectivity index (χ4v) is 1.91. The average Bonchev–Trinajstić information content (AvgIpc) is 3.00. The molecule has 1 aliphatic rings. The van der Waals surface area contributed by atoms with Gasteiger partial charge in [-0.1, -0.05) is 12.1 Å². The van der Waals surface area contributed by atoms with Crippen molar-refractivity contribution in [2.24, 2.45) is 0 Å². The molecule has 0 saturated heterocycles. The van der Waals surface area contributed by atoms with Crippen LogP contribution in [0.2, 0.25) is 0 Å². The zero-order chi connectivity index (χ0) is 11.7. The molecule has 0 spiro atoms. The summed E-state index contributed by atoms with van der Waals surface area (Å²) >= 11 is 0. The van der Waals surface area contributed by atoms with Crippen molar-refractivity contribution in [2.75, 3.05) is 0 Å². The van der Waals surface area contributed by atoms with Gasteiger partial charge in [0.25, 0.3) is 0 Å². The first-order valence-electron chi connectivity index (χ1n) is 5.98. The lowest BCUT2D eigenvalue weighted by molar-refractivity contribution is 0.587. The Labute approximate surface area is 99.9 Å². The molecule has 2 nitrogen and oxygen atoms in total. The van der Waals surface area contributed by atoms with Crippen molar-refractivity contribution in [2.45, 2.75) is 25.4 Å². The van der Waals surface area contributed by atoms with Gasteiger partial charge in [0.1, 0.15) is 5.82 Å². The van der Waals surface area contributed by atoms with Gasteiger partial charge < -0.3 is 10.3 Å². The first kappa shape index (κ1) is 10.5. The maximum Gasteiger partial charge on any atom is 0.128 e. The van der Waals surface area contributed by atoms with E-state index in [0.29, 0.717) is 12.6 Å². The molecule has 88 valence electrons. The Morgan fingerprint density at radius 1 is 1.29 bits per heavy atom. The highest BCUT2D eigenvalue weighted by molar-refractivity contribution is 5.59. The Morgan fingerprint density at radius 3 is 2.82 bits per heavy atom. The highest BCUT2D eigenvalue weighted by Crippen LogP contribution is 2.22. The molecule has 0 bridgehead atoms. The Kier molecular flexibility index (Phi) is 2.69. The van der Waals surface area contributed by atoms with Gasteiger partial charge in [0.15, 0.2) is 0 Å². The van der Waals surface area contributed by atoms with Crippen LogP contribution in [0.3, 0.4) is 0 Å². The Morgan fingerprint density at radius 2 is 2.18 bits per heavy atom. The summed E-state index contributed by atoms with van der Waals surface area (Å²) in [7, 11) is 0. The molecule has 1 fully saturated rings. The normalized spacial score (nSPS) is 15.1. The third-order valence-corrected chi connectivity index (χ3v) is 3.12. The van der Waals surface area contributed by atoms with E-state index in [1.54, 1.807) is 6.07 Å². The fraction of sp³-hybridized carbons (Fsp3) is 0.286. The van der Waals surface area contributed by atoms with Crippen molar-refractivity contribution in [1.82, 2.24) is 10.3 Å². The van der Waals surface area contributed by atoms with Crippen LogP contribution in [0.25, 0.3) is 11.3 Å². The number of nitrogens with one attached hydrogen (secondary N) is 2. The summed E-state index contributed by atoms with van der Waals surface area (Å²) in [5.74, 6) is -0.134. The van der Waals surface area contributed by atoms with E-state index in [-0.39, 0.29) is 5.82 Å². The van der Waals surface area contributed by atoms with Crippen LogP contribution in [-0.4, -0.2) is 11.0 Å². The molecule has 2 aromatic rings. The highest BCUT2D eigenvalue weighted by Gasteiger charge is 2.20. The minimum atomic E-state index is -0.134. The molecule has 1 heterocycles. The molecule has 3 rings (SSSR count). The molecule has 1 saturated carbocycles. The van der Waals surface area contributed by atoms with Gasteiger partial charge in [-0.3, -0.25) is 0 Å². The first-order valence-corrected chi connectivity index (χ1v) is 5.98. The summed E-state index contributed by atoms with van der Waals surface area (Å²) < 4.78 is 13.9. The number of aromatic nitrogens is 1. The summed E-state index contributed by atoms with van der Waals surface area (Å²) in [6, 6.07) is 9.87. The Bertz CT molecular complexity index is 501. The second-order valence-corrected chi connectivity index (χ2v) is 4.55. The Hall–Kier alpha value is -1.61. The van der Waals surface area contributed by atoms with E-state index in [0.717, 1.165) is 16.8 Å². The molecule has 0 radical (unpaired) electrons. The van der Waals surface area contributed by atoms with E-state index < -0.39 is 0 Å². The summed E-state index contributed by atoms with van der Waals surface area (Å²) in [5, 5.41) is 3.32. The second-order valence-electron chi connectivity index (χ2n) is 4.55. The summed E-state index contributed by atoms with van der Waals surface area (Å²) in [5.41, 5.74) is 2.58. The molecule has 0 unspecified atom stereocenters. The molecule has 1 aromatic heterocycles. The van der Waals surface area contributed by atoms with Crippen molar-refractivity contribution in [3.8, 4) is 11.3 Å². The average molecular weight is 230 g/mol. The van der Waals surface area contributed by atoms with Crippen molar-refractivity contribution < 1.29 is 4.39 Å². The number of hydrogen-bond acceptors (Lipinski definition) is 1. The van der Waals surface area contributed by atoms with E-state index in [9.17, 15) is 4.39 Å². The third-order valence-electron chi connectivity index (χ3n) is 3.12. The standard InChI is InChI=1S/C14H15FN2/c15-13-8-10(14-2-1-7-16-14)3-4-11(13)9-17-12-5-6-12/h1-4,7-8,12,16-17H,5-6,9H2. The van der Waals surface area contributed by atoms with Gasteiger partial charge in [0.05, 0.1) is 0 Å². The van der Waals surface area contributed by atoms with Gasteiger partial charge in [0.2, 0.25) is 0 Å². The Balaban J connectivity index is 1.78. The maximum absolute atomic E-state index is 13.9. The monoisotopic (exact) mass is 230 g/mol. The minimum Gasteiger partial charge on any atom is -0.361 e. The van der Waals surface area contributed by atoms with Crippen molar-refractivity contribution in [1.29, 1.82) is 0 Å². The predicted molar refractivity (Wildman–Crippen MR) is 66.0 cm³/mol. The van der Waals surface area contributed by atoms with E-state index in [4.69, 9.17) is 0 Å². The third kappa shape index (κ3) is 2.39. The van der Waals surface area contributed by atoms with Crippen LogP contribution >= 0.6 is 0 Å². The summed E-state index contributed by atoms with van der Waals surface area (Å²) in [6.07, 6.45) is 4.29. The summed E-state index contributed by atoms with van der Waals surface area (Å²) in [6.45, 7) is 0.626. The minimum absolute atomic E-state index is 0.134. The number of aromatic amines is 1. The lowest BCUT2D eigenvalue weighted by Crippen LogP contribution is -2.16. The van der Waals surface area contributed by atoms with Crippen molar-refractivity contribution in [3.63, 3.8) is 0 Å². The fourth-order valence-electron chi connectivity index (χ4n) is 1.91. The SMILES string of the molecule is Fc1cc(-c2ccc[nH]2)ccc1CNC1CC1. The second kappa shape index (κ2) is 4.34. The molecule has 0 aliphatic heterocycles.